The molecule has 2 heterocycles. The van der Waals surface area contributed by atoms with E-state index in [0.717, 1.165) is 6.42 Å². The number of hydrogen-bond acceptors (Lipinski definition) is 5. The van der Waals surface area contributed by atoms with Gasteiger partial charge in [0.1, 0.15) is 12.3 Å². The summed E-state index contributed by atoms with van der Waals surface area (Å²) in [6, 6.07) is 4.97. The molecule has 1 aromatic rings. The Labute approximate surface area is 129 Å². The predicted octanol–water partition coefficient (Wildman–Crippen LogP) is 1.77. The number of anilines is 1. The maximum atomic E-state index is 11.8. The summed E-state index contributed by atoms with van der Waals surface area (Å²) < 4.78 is 5.90. The van der Waals surface area contributed by atoms with Gasteiger partial charge in [0, 0.05) is 23.1 Å². The van der Waals surface area contributed by atoms with Crippen molar-refractivity contribution in [3.05, 3.63) is 32.8 Å². The summed E-state index contributed by atoms with van der Waals surface area (Å²) in [6.45, 7) is 1.22. The summed E-state index contributed by atoms with van der Waals surface area (Å²) in [4.78, 5) is 24.2. The van der Waals surface area contributed by atoms with E-state index in [1.54, 1.807) is 17.0 Å². The molecule has 2 aliphatic heterocycles. The largest absolute Gasteiger partial charge is 0.375 e. The second-order valence-corrected chi connectivity index (χ2v) is 6.13. The molecule has 2 atom stereocenters. The number of nitrogens with one attached hydrogen (secondary N) is 1. The number of ether oxygens (including phenoxy) is 1. The third-order valence-electron chi connectivity index (χ3n) is 3.79. The Bertz CT molecular complexity index is 595. The summed E-state index contributed by atoms with van der Waals surface area (Å²) in [7, 11) is 0. The first-order chi connectivity index (χ1) is 10.0. The second-order valence-electron chi connectivity index (χ2n) is 5.21. The first kappa shape index (κ1) is 14.3. The number of nitro groups is 1. The Morgan fingerprint density at radius 2 is 2.29 bits per heavy atom. The molecule has 2 aliphatic rings. The van der Waals surface area contributed by atoms with Gasteiger partial charge in [-0.1, -0.05) is 15.9 Å². The summed E-state index contributed by atoms with van der Waals surface area (Å²) in [5, 5.41) is 14.3. The predicted molar refractivity (Wildman–Crippen MR) is 79.1 cm³/mol. The number of carbonyl (C=O) groups excluding carboxylic acids is 1. The van der Waals surface area contributed by atoms with Gasteiger partial charge in [-0.05, 0) is 18.6 Å². The van der Waals surface area contributed by atoms with Crippen LogP contribution in [0.4, 0.5) is 11.4 Å². The summed E-state index contributed by atoms with van der Waals surface area (Å²) in [6.07, 6.45) is 0.735. The Balaban J connectivity index is 1.76. The summed E-state index contributed by atoms with van der Waals surface area (Å²) in [5.74, 6) is -0.0131. The number of hydrogen-bond donors (Lipinski definition) is 1. The lowest BCUT2D eigenvalue weighted by atomic mass is 10.1. The first-order valence-electron chi connectivity index (χ1n) is 6.62. The molecule has 1 amide bonds. The first-order valence-corrected chi connectivity index (χ1v) is 7.41. The molecule has 1 N–H and O–H groups in total. The zero-order valence-electron chi connectivity index (χ0n) is 11.1. The smallest absolute Gasteiger partial charge is 0.293 e. The lowest BCUT2D eigenvalue weighted by molar-refractivity contribution is -0.384. The number of morpholine rings is 1. The fraction of sp³-hybridized carbons (Fsp3) is 0.462. The van der Waals surface area contributed by atoms with Gasteiger partial charge in [0.25, 0.3) is 5.69 Å². The van der Waals surface area contributed by atoms with Gasteiger partial charge in [-0.15, -0.1) is 0 Å². The van der Waals surface area contributed by atoms with Crippen LogP contribution >= 0.6 is 15.9 Å². The number of benzene rings is 1. The highest BCUT2D eigenvalue weighted by Crippen LogP contribution is 2.31. The third kappa shape index (κ3) is 2.86. The zero-order valence-corrected chi connectivity index (χ0v) is 12.7. The van der Waals surface area contributed by atoms with E-state index in [-0.39, 0.29) is 30.3 Å². The topological polar surface area (TPSA) is 84.7 Å². The average Bonchev–Trinajstić information content (AvgIpc) is 2.85. The Morgan fingerprint density at radius 3 is 3.00 bits per heavy atom. The van der Waals surface area contributed by atoms with Gasteiger partial charge in [-0.25, -0.2) is 0 Å². The van der Waals surface area contributed by atoms with E-state index < -0.39 is 4.92 Å². The lowest BCUT2D eigenvalue weighted by Crippen LogP contribution is -2.45. The number of amides is 1. The van der Waals surface area contributed by atoms with Crippen LogP contribution in [-0.4, -0.2) is 47.6 Å². The van der Waals surface area contributed by atoms with Crippen LogP contribution in [0.25, 0.3) is 0 Å². The molecule has 2 saturated heterocycles. The number of carbonyl (C=O) groups is 1. The lowest BCUT2D eigenvalue weighted by Gasteiger charge is -2.28. The normalized spacial score (nSPS) is 24.8. The maximum Gasteiger partial charge on any atom is 0.293 e. The van der Waals surface area contributed by atoms with Crippen molar-refractivity contribution in [1.82, 2.24) is 4.90 Å². The molecule has 2 fully saturated rings. The molecule has 7 nitrogen and oxygen atoms in total. The highest BCUT2D eigenvalue weighted by Gasteiger charge is 2.38. The van der Waals surface area contributed by atoms with Crippen LogP contribution in [0.15, 0.2) is 22.7 Å². The minimum Gasteiger partial charge on any atom is -0.375 e. The minimum absolute atomic E-state index is 0.000487. The van der Waals surface area contributed by atoms with E-state index in [2.05, 4.69) is 21.2 Å². The highest BCUT2D eigenvalue weighted by atomic mass is 79.9. The van der Waals surface area contributed by atoms with E-state index in [1.807, 2.05) is 0 Å². The number of rotatable bonds is 3. The second kappa shape index (κ2) is 5.61. The zero-order chi connectivity index (χ0) is 15.0. The summed E-state index contributed by atoms with van der Waals surface area (Å²) in [5.41, 5.74) is 0.498. The molecule has 8 heteroatoms. The van der Waals surface area contributed by atoms with Gasteiger partial charge in [0.05, 0.1) is 17.6 Å². The molecule has 0 aromatic heterocycles. The van der Waals surface area contributed by atoms with E-state index in [0.29, 0.717) is 23.3 Å². The van der Waals surface area contributed by atoms with Gasteiger partial charge in [-0.2, -0.15) is 0 Å². The monoisotopic (exact) mass is 355 g/mol. The molecule has 3 rings (SSSR count). The fourth-order valence-electron chi connectivity index (χ4n) is 2.85. The van der Waals surface area contributed by atoms with E-state index in [4.69, 9.17) is 4.74 Å². The molecule has 0 saturated carbocycles. The molecule has 0 radical (unpaired) electrons. The van der Waals surface area contributed by atoms with Crippen molar-refractivity contribution in [2.45, 2.75) is 18.5 Å². The minimum atomic E-state index is -0.413. The molecule has 112 valence electrons. The van der Waals surface area contributed by atoms with E-state index in [9.17, 15) is 14.9 Å². The van der Waals surface area contributed by atoms with Gasteiger partial charge >= 0.3 is 0 Å². The molecule has 1 aromatic carbocycles. The van der Waals surface area contributed by atoms with E-state index in [1.165, 1.54) is 6.07 Å². The van der Waals surface area contributed by atoms with Gasteiger partial charge in [-0.3, -0.25) is 14.9 Å². The molecule has 1 unspecified atom stereocenters. The summed E-state index contributed by atoms with van der Waals surface area (Å²) >= 11 is 3.23. The van der Waals surface area contributed by atoms with Crippen molar-refractivity contribution in [1.29, 1.82) is 0 Å². The Hall–Kier alpha value is -1.67. The number of nitro benzene ring substituents is 1. The highest BCUT2D eigenvalue weighted by molar-refractivity contribution is 9.10. The van der Waals surface area contributed by atoms with Crippen LogP contribution in [0.5, 0.6) is 0 Å². The van der Waals surface area contributed by atoms with Crippen LogP contribution in [0.3, 0.4) is 0 Å². The van der Waals surface area contributed by atoms with Gasteiger partial charge < -0.3 is 15.0 Å². The average molecular weight is 356 g/mol. The number of fused-ring (bicyclic) bond motifs is 1. The number of halogens is 1. The molecule has 0 aliphatic carbocycles. The number of nitrogens with zero attached hydrogens (tertiary/aromatic N) is 2. The maximum absolute atomic E-state index is 11.8. The van der Waals surface area contributed by atoms with Crippen LogP contribution in [0.2, 0.25) is 0 Å². The molecule has 0 spiro atoms. The SMILES string of the molecule is O=C1COCC2C[C@H](Nc3ccc(Br)cc3[N+](=O)[O-])CN12. The quantitative estimate of drug-likeness (QED) is 0.659. The molecular formula is C13H14BrN3O4. The molecule has 0 bridgehead atoms. The van der Waals surface area contributed by atoms with E-state index >= 15 is 0 Å². The van der Waals surface area contributed by atoms with Crippen LogP contribution < -0.4 is 5.32 Å². The van der Waals surface area contributed by atoms with Crippen LogP contribution in [-0.2, 0) is 9.53 Å². The van der Waals surface area contributed by atoms with Crippen molar-refractivity contribution in [3.63, 3.8) is 0 Å². The fourth-order valence-corrected chi connectivity index (χ4v) is 3.20. The van der Waals surface area contributed by atoms with Crippen molar-refractivity contribution in [2.75, 3.05) is 25.1 Å². The standard InChI is InChI=1S/C13H14BrN3O4/c14-8-1-2-11(12(3-8)17(19)20)15-9-4-10-6-21-7-13(18)16(10)5-9/h1-3,9-10,15H,4-7H2/t9-,10?/m0/s1. The van der Waals surface area contributed by atoms with Crippen molar-refractivity contribution in [3.8, 4) is 0 Å². The third-order valence-corrected chi connectivity index (χ3v) is 4.28. The van der Waals surface area contributed by atoms with Crippen molar-refractivity contribution in [2.24, 2.45) is 0 Å². The Kier molecular flexibility index (Phi) is 3.81. The Morgan fingerprint density at radius 1 is 1.48 bits per heavy atom. The molecular weight excluding hydrogens is 342 g/mol. The van der Waals surface area contributed by atoms with Crippen LogP contribution in [0, 0.1) is 10.1 Å². The van der Waals surface area contributed by atoms with Gasteiger partial charge in [0.15, 0.2) is 0 Å². The molecule has 21 heavy (non-hydrogen) atoms. The van der Waals surface area contributed by atoms with Crippen molar-refractivity contribution < 1.29 is 14.5 Å². The van der Waals surface area contributed by atoms with Crippen molar-refractivity contribution >= 4 is 33.2 Å². The van der Waals surface area contributed by atoms with Gasteiger partial charge in [0.2, 0.25) is 5.91 Å². The van der Waals surface area contributed by atoms with Crippen LogP contribution in [0.1, 0.15) is 6.42 Å².